The third-order valence-electron chi connectivity index (χ3n) is 3.64. The van der Waals surface area contributed by atoms with E-state index in [4.69, 9.17) is 0 Å². The van der Waals surface area contributed by atoms with Crippen LogP contribution in [0.3, 0.4) is 0 Å². The van der Waals surface area contributed by atoms with Crippen molar-refractivity contribution in [2.45, 2.75) is 30.6 Å². The third kappa shape index (κ3) is 3.58. The molecule has 20 heavy (non-hydrogen) atoms. The van der Waals surface area contributed by atoms with Gasteiger partial charge in [-0.05, 0) is 37.0 Å². The van der Waals surface area contributed by atoms with Crippen LogP contribution in [0.1, 0.15) is 35.2 Å². The van der Waals surface area contributed by atoms with E-state index in [-0.39, 0.29) is 18.3 Å². The molecule has 0 radical (unpaired) electrons. The van der Waals surface area contributed by atoms with Crippen LogP contribution in [0.4, 0.5) is 0 Å². The molecule has 0 bridgehead atoms. The minimum Gasteiger partial charge on any atom is -0.394 e. The van der Waals surface area contributed by atoms with Crippen LogP contribution in [0.15, 0.2) is 24.3 Å². The lowest BCUT2D eigenvalue weighted by Crippen LogP contribution is -2.56. The smallest absolute Gasteiger partial charge is 0.251 e. The molecule has 0 atom stereocenters. The normalized spacial score (nSPS) is 17.3. The Morgan fingerprint density at radius 2 is 1.90 bits per heavy atom. The lowest BCUT2D eigenvalue weighted by Gasteiger charge is -2.40. The second-order valence-electron chi connectivity index (χ2n) is 5.51. The monoisotopic (exact) mass is 297 g/mol. The van der Waals surface area contributed by atoms with Crippen LogP contribution in [0.5, 0.6) is 0 Å². The first kappa shape index (κ1) is 15.0. The summed E-state index contributed by atoms with van der Waals surface area (Å²) < 4.78 is 22.4. The van der Waals surface area contributed by atoms with Crippen LogP contribution < -0.4 is 5.32 Å². The van der Waals surface area contributed by atoms with Gasteiger partial charge in [-0.3, -0.25) is 4.79 Å². The van der Waals surface area contributed by atoms with Gasteiger partial charge in [-0.2, -0.15) is 0 Å². The zero-order valence-electron chi connectivity index (χ0n) is 11.4. The Morgan fingerprint density at radius 3 is 2.30 bits per heavy atom. The Bertz CT molecular complexity index is 583. The van der Waals surface area contributed by atoms with E-state index in [9.17, 15) is 18.3 Å². The molecule has 0 spiro atoms. The molecule has 6 heteroatoms. The highest BCUT2D eigenvalue weighted by Crippen LogP contribution is 2.31. The quantitative estimate of drug-likeness (QED) is 0.845. The van der Waals surface area contributed by atoms with Gasteiger partial charge in [0.25, 0.3) is 5.91 Å². The van der Waals surface area contributed by atoms with Gasteiger partial charge in [-0.1, -0.05) is 12.1 Å². The molecule has 0 unspecified atom stereocenters. The maximum atomic E-state index is 12.1. The van der Waals surface area contributed by atoms with Crippen LogP contribution in [-0.2, 0) is 15.6 Å². The summed E-state index contributed by atoms with van der Waals surface area (Å²) in [6.07, 6.45) is 3.77. The maximum Gasteiger partial charge on any atom is 0.251 e. The number of nitrogens with one attached hydrogen (secondary N) is 1. The first-order chi connectivity index (χ1) is 9.34. The Morgan fingerprint density at radius 1 is 1.30 bits per heavy atom. The van der Waals surface area contributed by atoms with E-state index in [0.29, 0.717) is 11.1 Å². The highest BCUT2D eigenvalue weighted by atomic mass is 32.2. The molecule has 0 heterocycles. The third-order valence-corrected chi connectivity index (χ3v) is 4.49. The summed E-state index contributed by atoms with van der Waals surface area (Å²) in [6.45, 7) is -0.0507. The second kappa shape index (κ2) is 5.54. The van der Waals surface area contributed by atoms with Crippen molar-refractivity contribution in [2.75, 3.05) is 12.9 Å². The zero-order chi connectivity index (χ0) is 14.8. The van der Waals surface area contributed by atoms with Crippen molar-refractivity contribution in [3.8, 4) is 0 Å². The Labute approximate surface area is 118 Å². The van der Waals surface area contributed by atoms with E-state index in [0.717, 1.165) is 19.3 Å². The van der Waals surface area contributed by atoms with Gasteiger partial charge in [-0.15, -0.1) is 0 Å². The Balaban J connectivity index is 2.04. The fourth-order valence-corrected chi connectivity index (χ4v) is 3.09. The lowest BCUT2D eigenvalue weighted by atomic mass is 9.77. The minimum absolute atomic E-state index is 0.0323. The molecular weight excluding hydrogens is 278 g/mol. The maximum absolute atomic E-state index is 12.1. The highest BCUT2D eigenvalue weighted by Gasteiger charge is 2.37. The van der Waals surface area contributed by atoms with E-state index in [1.807, 2.05) is 0 Å². The van der Waals surface area contributed by atoms with Crippen LogP contribution in [0.25, 0.3) is 0 Å². The van der Waals surface area contributed by atoms with Gasteiger partial charge < -0.3 is 10.4 Å². The molecule has 2 rings (SSSR count). The van der Waals surface area contributed by atoms with Gasteiger partial charge in [0.05, 0.1) is 17.9 Å². The summed E-state index contributed by atoms with van der Waals surface area (Å²) in [5.74, 6) is -0.264. The average molecular weight is 297 g/mol. The van der Waals surface area contributed by atoms with E-state index >= 15 is 0 Å². The number of aliphatic hydroxyl groups is 1. The van der Waals surface area contributed by atoms with Gasteiger partial charge in [-0.25, -0.2) is 8.42 Å². The van der Waals surface area contributed by atoms with Crippen LogP contribution in [-0.4, -0.2) is 37.8 Å². The van der Waals surface area contributed by atoms with Gasteiger partial charge in [0.15, 0.2) is 9.84 Å². The fraction of sp³-hybridized carbons (Fsp3) is 0.500. The summed E-state index contributed by atoms with van der Waals surface area (Å²) in [5, 5.41) is 12.2. The molecule has 1 fully saturated rings. The molecule has 0 aliphatic heterocycles. The highest BCUT2D eigenvalue weighted by molar-refractivity contribution is 7.89. The van der Waals surface area contributed by atoms with E-state index in [1.54, 1.807) is 24.3 Å². The van der Waals surface area contributed by atoms with E-state index in [1.165, 1.54) is 6.26 Å². The second-order valence-corrected chi connectivity index (χ2v) is 7.65. The van der Waals surface area contributed by atoms with Gasteiger partial charge in [0.2, 0.25) is 0 Å². The molecular formula is C14H19NO4S. The summed E-state index contributed by atoms with van der Waals surface area (Å²) in [4.78, 5) is 12.1. The summed E-state index contributed by atoms with van der Waals surface area (Å²) in [7, 11) is -3.07. The molecule has 1 aromatic carbocycles. The fourth-order valence-electron chi connectivity index (χ4n) is 2.29. The lowest BCUT2D eigenvalue weighted by molar-refractivity contribution is 0.0641. The van der Waals surface area contributed by atoms with Crippen LogP contribution >= 0.6 is 0 Å². The molecule has 110 valence electrons. The van der Waals surface area contributed by atoms with Crippen molar-refractivity contribution < 1.29 is 18.3 Å². The van der Waals surface area contributed by atoms with Crippen molar-refractivity contribution >= 4 is 15.7 Å². The molecule has 0 saturated heterocycles. The van der Waals surface area contributed by atoms with Crippen LogP contribution in [0.2, 0.25) is 0 Å². The predicted octanol–water partition coefficient (Wildman–Crippen LogP) is 0.876. The van der Waals surface area contributed by atoms with Crippen molar-refractivity contribution in [2.24, 2.45) is 0 Å². The Kier molecular flexibility index (Phi) is 4.15. The number of carbonyl (C=O) groups is 1. The standard InChI is InChI=1S/C14H19NO4S/c1-20(18,19)9-11-3-5-12(6-4-11)13(17)15-14(10-16)7-2-8-14/h3-6,16H,2,7-10H2,1H3,(H,15,17). The van der Waals surface area contributed by atoms with Gasteiger partial charge in [0, 0.05) is 11.8 Å². The first-order valence-corrected chi connectivity index (χ1v) is 8.60. The van der Waals surface area contributed by atoms with Gasteiger partial charge >= 0.3 is 0 Å². The largest absolute Gasteiger partial charge is 0.394 e. The molecule has 1 aromatic rings. The average Bonchev–Trinajstić information content (AvgIpc) is 2.32. The van der Waals surface area contributed by atoms with E-state index < -0.39 is 15.4 Å². The van der Waals surface area contributed by atoms with Gasteiger partial charge in [0.1, 0.15) is 0 Å². The molecule has 2 N–H and O–H groups in total. The van der Waals surface area contributed by atoms with Crippen LogP contribution in [0, 0.1) is 0 Å². The molecule has 5 nitrogen and oxygen atoms in total. The molecule has 0 aromatic heterocycles. The number of aliphatic hydroxyl groups excluding tert-OH is 1. The van der Waals surface area contributed by atoms with Crippen molar-refractivity contribution in [3.63, 3.8) is 0 Å². The first-order valence-electron chi connectivity index (χ1n) is 6.54. The zero-order valence-corrected chi connectivity index (χ0v) is 12.2. The number of benzene rings is 1. The van der Waals surface area contributed by atoms with Crippen molar-refractivity contribution in [1.29, 1.82) is 0 Å². The molecule has 1 aliphatic carbocycles. The van der Waals surface area contributed by atoms with Crippen molar-refractivity contribution in [1.82, 2.24) is 5.32 Å². The summed E-state index contributed by atoms with van der Waals surface area (Å²) >= 11 is 0. The Hall–Kier alpha value is -1.40. The number of rotatable bonds is 5. The predicted molar refractivity (Wildman–Crippen MR) is 76.1 cm³/mol. The number of sulfone groups is 1. The number of hydrogen-bond acceptors (Lipinski definition) is 4. The topological polar surface area (TPSA) is 83.5 Å². The SMILES string of the molecule is CS(=O)(=O)Cc1ccc(C(=O)NC2(CO)CCC2)cc1. The minimum atomic E-state index is -3.07. The summed E-state index contributed by atoms with van der Waals surface area (Å²) in [6, 6.07) is 6.50. The number of hydrogen-bond donors (Lipinski definition) is 2. The number of amides is 1. The van der Waals surface area contributed by atoms with E-state index in [2.05, 4.69) is 5.32 Å². The molecule has 1 amide bonds. The van der Waals surface area contributed by atoms with Crippen molar-refractivity contribution in [3.05, 3.63) is 35.4 Å². The molecule has 1 saturated carbocycles. The summed E-state index contributed by atoms with van der Waals surface area (Å²) in [5.41, 5.74) is 0.661. The molecule has 1 aliphatic rings. The number of carbonyl (C=O) groups excluding carboxylic acids is 1.